The van der Waals surface area contributed by atoms with Gasteiger partial charge in [0.1, 0.15) is 16.4 Å². The van der Waals surface area contributed by atoms with E-state index >= 15 is 0 Å². The molecular weight excluding hydrogens is 330 g/mol. The minimum absolute atomic E-state index is 0.341. The Morgan fingerprint density at radius 3 is 2.75 bits per heavy atom. The topological polar surface area (TPSA) is 108 Å². The second-order valence-corrected chi connectivity index (χ2v) is 7.16. The molecule has 0 aromatic heterocycles. The van der Waals surface area contributed by atoms with Crippen LogP contribution < -0.4 is 20.1 Å². The highest BCUT2D eigenvalue weighted by Crippen LogP contribution is 2.52. The fourth-order valence-corrected chi connectivity index (χ4v) is 3.77. The predicted octanol–water partition coefficient (Wildman–Crippen LogP) is 2.99. The van der Waals surface area contributed by atoms with Gasteiger partial charge in [-0.2, -0.15) is 4.72 Å². The van der Waals surface area contributed by atoms with Gasteiger partial charge in [-0.15, -0.1) is 10.8 Å². The minimum atomic E-state index is -3.07. The van der Waals surface area contributed by atoms with E-state index < -0.39 is 16.7 Å². The predicted molar refractivity (Wildman–Crippen MR) is 93.6 cm³/mol. The number of nitrogens with one attached hydrogen (secondary N) is 1. The van der Waals surface area contributed by atoms with Gasteiger partial charge < -0.3 is 15.4 Å². The maximum atomic E-state index is 11.2. The molecule has 5 N–H and O–H groups in total. The molecule has 0 spiro atoms. The molecule has 0 fully saturated rings. The van der Waals surface area contributed by atoms with Crippen molar-refractivity contribution in [2.24, 2.45) is 5.73 Å². The number of primary amides is 1. The highest BCUT2D eigenvalue weighted by Gasteiger charge is 2.28. The third kappa shape index (κ3) is 3.17. The maximum absolute atomic E-state index is 11.2. The summed E-state index contributed by atoms with van der Waals surface area (Å²) >= 11 is 0. The van der Waals surface area contributed by atoms with Crippen molar-refractivity contribution in [3.05, 3.63) is 48.0 Å². The number of benzene rings is 2. The second-order valence-electron chi connectivity index (χ2n) is 5.33. The van der Waals surface area contributed by atoms with Gasteiger partial charge in [-0.05, 0) is 37.3 Å². The van der Waals surface area contributed by atoms with Crippen LogP contribution in [0.5, 0.6) is 11.5 Å². The average Bonchev–Trinajstić information content (AvgIpc) is 2.56. The molecule has 2 aromatic rings. The molecule has 1 aliphatic rings. The molecular formula is C16H19N3O4S. The molecule has 2 aromatic carbocycles. The van der Waals surface area contributed by atoms with E-state index in [0.29, 0.717) is 28.6 Å². The molecule has 7 nitrogen and oxygen atoms in total. The number of anilines is 1. The lowest BCUT2D eigenvalue weighted by molar-refractivity contribution is 0.1000. The Morgan fingerprint density at radius 2 is 2.04 bits per heavy atom. The second kappa shape index (κ2) is 6.33. The summed E-state index contributed by atoms with van der Waals surface area (Å²) in [5.74, 6) is 0.344. The summed E-state index contributed by atoms with van der Waals surface area (Å²) in [4.78, 5) is 13.6. The molecule has 0 radical (unpaired) electrons. The normalized spacial score (nSPS) is 17.0. The summed E-state index contributed by atoms with van der Waals surface area (Å²) in [5, 5.41) is 0. The Balaban J connectivity index is 1.93. The first-order chi connectivity index (χ1) is 11.4. The zero-order valence-corrected chi connectivity index (χ0v) is 13.9. The van der Waals surface area contributed by atoms with Crippen molar-refractivity contribution in [2.75, 3.05) is 18.1 Å². The summed E-state index contributed by atoms with van der Waals surface area (Å²) in [7, 11) is -3.07. The third-order valence-electron chi connectivity index (χ3n) is 3.77. The van der Waals surface area contributed by atoms with Crippen molar-refractivity contribution in [3.8, 4) is 11.5 Å². The SMILES string of the molecule is CCN1CNS(O)(O)c2cc(Oc3cccc(C(N)=O)c3)ccc21. The molecule has 0 unspecified atom stereocenters. The van der Waals surface area contributed by atoms with Gasteiger partial charge in [0, 0.05) is 18.2 Å². The monoisotopic (exact) mass is 349 g/mol. The Hall–Kier alpha value is -2.26. The summed E-state index contributed by atoms with van der Waals surface area (Å²) < 4.78 is 28.9. The van der Waals surface area contributed by atoms with Crippen LogP contribution in [0.3, 0.4) is 0 Å². The van der Waals surface area contributed by atoms with Crippen LogP contribution in [0.2, 0.25) is 0 Å². The van der Waals surface area contributed by atoms with E-state index in [2.05, 4.69) is 4.72 Å². The zero-order chi connectivity index (χ0) is 17.3. The largest absolute Gasteiger partial charge is 0.457 e. The molecule has 0 saturated carbocycles. The third-order valence-corrected chi connectivity index (χ3v) is 5.24. The molecule has 0 aliphatic carbocycles. The van der Waals surface area contributed by atoms with Gasteiger partial charge in [0.25, 0.3) is 0 Å². The lowest BCUT2D eigenvalue weighted by atomic mass is 10.2. The van der Waals surface area contributed by atoms with Crippen LogP contribution in [0.4, 0.5) is 5.69 Å². The highest BCUT2D eigenvalue weighted by atomic mass is 32.3. The van der Waals surface area contributed by atoms with Crippen molar-refractivity contribution in [3.63, 3.8) is 0 Å². The lowest BCUT2D eigenvalue weighted by Crippen LogP contribution is -2.40. The van der Waals surface area contributed by atoms with E-state index in [9.17, 15) is 13.9 Å². The van der Waals surface area contributed by atoms with Crippen molar-refractivity contribution < 1.29 is 18.6 Å². The average molecular weight is 349 g/mol. The number of ether oxygens (including phenoxy) is 1. The van der Waals surface area contributed by atoms with E-state index in [-0.39, 0.29) is 0 Å². The summed E-state index contributed by atoms with van der Waals surface area (Å²) in [5.41, 5.74) is 6.36. The molecule has 0 bridgehead atoms. The van der Waals surface area contributed by atoms with E-state index in [1.54, 1.807) is 36.4 Å². The fraction of sp³-hybridized carbons (Fsp3) is 0.188. The quantitative estimate of drug-likeness (QED) is 0.676. The van der Waals surface area contributed by atoms with E-state index in [4.69, 9.17) is 10.5 Å². The van der Waals surface area contributed by atoms with Crippen LogP contribution in [-0.4, -0.2) is 28.2 Å². The first-order valence-electron chi connectivity index (χ1n) is 7.40. The number of fused-ring (bicyclic) bond motifs is 1. The van der Waals surface area contributed by atoms with Gasteiger partial charge in [-0.1, -0.05) is 6.07 Å². The lowest BCUT2D eigenvalue weighted by Gasteiger charge is -2.43. The number of rotatable bonds is 4. The first kappa shape index (κ1) is 16.6. The fourth-order valence-electron chi connectivity index (χ4n) is 2.51. The van der Waals surface area contributed by atoms with Crippen LogP contribution in [0.25, 0.3) is 0 Å². The van der Waals surface area contributed by atoms with Crippen LogP contribution >= 0.6 is 10.8 Å². The molecule has 3 rings (SSSR count). The van der Waals surface area contributed by atoms with Crippen LogP contribution in [0.15, 0.2) is 47.4 Å². The molecule has 24 heavy (non-hydrogen) atoms. The Kier molecular flexibility index (Phi) is 4.37. The smallest absolute Gasteiger partial charge is 0.248 e. The zero-order valence-electron chi connectivity index (χ0n) is 13.1. The molecule has 1 heterocycles. The molecule has 1 aliphatic heterocycles. The summed E-state index contributed by atoms with van der Waals surface area (Å²) in [6.07, 6.45) is 0. The van der Waals surface area contributed by atoms with Crippen molar-refractivity contribution >= 4 is 22.4 Å². The number of hydrogen-bond donors (Lipinski definition) is 4. The van der Waals surface area contributed by atoms with Crippen LogP contribution in [0, 0.1) is 0 Å². The molecule has 1 amide bonds. The van der Waals surface area contributed by atoms with Crippen LogP contribution in [0.1, 0.15) is 17.3 Å². The van der Waals surface area contributed by atoms with E-state index in [1.165, 1.54) is 6.07 Å². The van der Waals surface area contributed by atoms with Gasteiger partial charge in [0.15, 0.2) is 0 Å². The standard InChI is InChI=1S/C16H19N3O4S/c1-2-19-10-18-24(21,22)15-9-13(6-7-14(15)19)23-12-5-3-4-11(8-12)16(17)20/h3-9,18,21-22H,2,10H2,1H3,(H2,17,20). The molecule has 0 saturated heterocycles. The summed E-state index contributed by atoms with van der Waals surface area (Å²) in [6, 6.07) is 11.6. The van der Waals surface area contributed by atoms with Crippen molar-refractivity contribution in [1.29, 1.82) is 0 Å². The minimum Gasteiger partial charge on any atom is -0.457 e. The first-order valence-corrected chi connectivity index (χ1v) is 8.95. The number of carbonyl (C=O) groups is 1. The number of nitrogens with zero attached hydrogens (tertiary/aromatic N) is 1. The summed E-state index contributed by atoms with van der Waals surface area (Å²) in [6.45, 7) is 3.09. The maximum Gasteiger partial charge on any atom is 0.248 e. The molecule has 8 heteroatoms. The number of hydrogen-bond acceptors (Lipinski definition) is 6. The number of nitrogens with two attached hydrogens (primary N) is 1. The van der Waals surface area contributed by atoms with Gasteiger partial charge in [0.05, 0.1) is 12.4 Å². The van der Waals surface area contributed by atoms with Gasteiger partial charge in [-0.25, -0.2) is 0 Å². The Labute approximate surface area is 141 Å². The van der Waals surface area contributed by atoms with Crippen molar-refractivity contribution in [1.82, 2.24) is 4.72 Å². The van der Waals surface area contributed by atoms with Gasteiger partial charge >= 0.3 is 0 Å². The molecule has 0 atom stereocenters. The van der Waals surface area contributed by atoms with Crippen LogP contribution in [-0.2, 0) is 0 Å². The number of amides is 1. The number of carbonyl (C=O) groups excluding carboxylic acids is 1. The van der Waals surface area contributed by atoms with Gasteiger partial charge in [-0.3, -0.25) is 13.9 Å². The van der Waals surface area contributed by atoms with E-state index in [1.807, 2.05) is 11.8 Å². The Bertz CT molecular complexity index is 782. The van der Waals surface area contributed by atoms with Gasteiger partial charge in [0.2, 0.25) is 5.91 Å². The Morgan fingerprint density at radius 1 is 1.29 bits per heavy atom. The molecule has 128 valence electrons. The highest BCUT2D eigenvalue weighted by molar-refractivity contribution is 8.22. The van der Waals surface area contributed by atoms with E-state index in [0.717, 1.165) is 12.2 Å². The van der Waals surface area contributed by atoms with Crippen molar-refractivity contribution in [2.45, 2.75) is 11.8 Å².